The molecule has 3 aromatic rings. The van der Waals surface area contributed by atoms with E-state index in [1.54, 1.807) is 45.2 Å². The van der Waals surface area contributed by atoms with Crippen LogP contribution < -0.4 is 9.46 Å². The molecule has 0 fully saturated rings. The van der Waals surface area contributed by atoms with Crippen molar-refractivity contribution in [3.63, 3.8) is 0 Å². The summed E-state index contributed by atoms with van der Waals surface area (Å²) in [5.74, 6) is -2.79. The quantitative estimate of drug-likeness (QED) is 0.280. The summed E-state index contributed by atoms with van der Waals surface area (Å²) in [6, 6.07) is 9.01. The number of carbonyl (C=O) groups is 1. The van der Waals surface area contributed by atoms with Gasteiger partial charge in [0.1, 0.15) is 17.4 Å². The molecule has 2 aromatic carbocycles. The number of ketones is 1. The number of aromatic amines is 1. The fraction of sp³-hybridized carbons (Fsp3) is 0.200. The number of nitrogens with zero attached hydrogens (tertiary/aromatic N) is 1. The smallest absolute Gasteiger partial charge is 0.232 e. The molecule has 0 aliphatic rings. The summed E-state index contributed by atoms with van der Waals surface area (Å²) in [5.41, 5.74) is 0.352. The van der Waals surface area contributed by atoms with Crippen LogP contribution in [0, 0.1) is 11.6 Å². The minimum Gasteiger partial charge on any atom is -0.497 e. The zero-order chi connectivity index (χ0) is 25.8. The Hall–Kier alpha value is -3.79. The third-order valence-electron chi connectivity index (χ3n) is 5.24. The lowest BCUT2D eigenvalue weighted by atomic mass is 9.97. The summed E-state index contributed by atoms with van der Waals surface area (Å²) in [6.07, 6.45) is 3.23. The maximum Gasteiger partial charge on any atom is 0.232 e. The van der Waals surface area contributed by atoms with Crippen molar-refractivity contribution in [2.45, 2.75) is 20.3 Å². The minimum atomic E-state index is -3.86. The molecule has 184 valence electrons. The summed E-state index contributed by atoms with van der Waals surface area (Å²) >= 11 is 0. The largest absolute Gasteiger partial charge is 0.497 e. The third-order valence-corrected chi connectivity index (χ3v) is 6.72. The fourth-order valence-corrected chi connectivity index (χ4v) is 4.65. The van der Waals surface area contributed by atoms with E-state index in [2.05, 4.69) is 21.4 Å². The summed E-state index contributed by atoms with van der Waals surface area (Å²) in [6.45, 7) is 6.93. The molecule has 2 N–H and O–H groups in total. The Bertz CT molecular complexity index is 1410. The molecule has 0 bridgehead atoms. The Morgan fingerprint density at radius 3 is 2.66 bits per heavy atom. The van der Waals surface area contributed by atoms with Gasteiger partial charge in [-0.25, -0.2) is 22.2 Å². The molecule has 10 heteroatoms. The van der Waals surface area contributed by atoms with Crippen LogP contribution in [0.3, 0.4) is 0 Å². The van der Waals surface area contributed by atoms with Crippen LogP contribution in [-0.2, 0) is 10.0 Å². The standard InChI is InChI=1S/C25H25F2N3O4S/c1-5-11-35(32,33)30-21-10-9-20(26)22(23(21)27)24(31)19-14-29-25(28-3)18(19)12-15(2)16-7-6-8-17(13-16)34-4/h6-10,12-14,29-30H,3,5,11H2,1-2,4H3/b15-12+. The number of sulfonamides is 1. The van der Waals surface area contributed by atoms with Crippen molar-refractivity contribution in [1.29, 1.82) is 0 Å². The number of ether oxygens (including phenoxy) is 1. The number of aliphatic imine (C=N–C) groups is 1. The molecule has 0 amide bonds. The van der Waals surface area contributed by atoms with Gasteiger partial charge in [0.15, 0.2) is 5.82 Å². The molecule has 0 spiro atoms. The van der Waals surface area contributed by atoms with Crippen LogP contribution in [0.2, 0.25) is 0 Å². The molecule has 0 atom stereocenters. The fourth-order valence-electron chi connectivity index (χ4n) is 3.52. The van der Waals surface area contributed by atoms with Gasteiger partial charge in [-0.2, -0.15) is 0 Å². The highest BCUT2D eigenvalue weighted by molar-refractivity contribution is 7.92. The van der Waals surface area contributed by atoms with E-state index in [9.17, 15) is 17.6 Å². The van der Waals surface area contributed by atoms with E-state index >= 15 is 4.39 Å². The van der Waals surface area contributed by atoms with Gasteiger partial charge in [-0.15, -0.1) is 0 Å². The van der Waals surface area contributed by atoms with E-state index in [1.165, 1.54) is 6.20 Å². The van der Waals surface area contributed by atoms with E-state index in [-0.39, 0.29) is 22.7 Å². The van der Waals surface area contributed by atoms with Gasteiger partial charge >= 0.3 is 0 Å². The number of aromatic nitrogens is 1. The number of benzene rings is 2. The van der Waals surface area contributed by atoms with Gasteiger partial charge in [0.05, 0.1) is 24.1 Å². The Kier molecular flexibility index (Phi) is 7.85. The van der Waals surface area contributed by atoms with Crippen molar-refractivity contribution >= 4 is 45.7 Å². The summed E-state index contributed by atoms with van der Waals surface area (Å²) in [7, 11) is -2.32. The number of H-pyrrole nitrogens is 1. The molecule has 7 nitrogen and oxygen atoms in total. The lowest BCUT2D eigenvalue weighted by Gasteiger charge is -2.12. The summed E-state index contributed by atoms with van der Waals surface area (Å²) < 4.78 is 61.4. The van der Waals surface area contributed by atoms with E-state index < -0.39 is 38.7 Å². The zero-order valence-electron chi connectivity index (χ0n) is 19.5. The maximum absolute atomic E-state index is 15.2. The van der Waals surface area contributed by atoms with Crippen LogP contribution in [0.4, 0.5) is 20.3 Å². The number of rotatable bonds is 10. The lowest BCUT2D eigenvalue weighted by Crippen LogP contribution is -2.18. The van der Waals surface area contributed by atoms with Gasteiger partial charge in [-0.05, 0) is 61.5 Å². The molecule has 35 heavy (non-hydrogen) atoms. The number of halogens is 2. The van der Waals surface area contributed by atoms with Gasteiger partial charge in [0, 0.05) is 17.3 Å². The third kappa shape index (κ3) is 5.65. The van der Waals surface area contributed by atoms with Crippen molar-refractivity contribution in [2.24, 2.45) is 4.99 Å². The number of allylic oxidation sites excluding steroid dienone is 1. The van der Waals surface area contributed by atoms with Crippen LogP contribution in [0.1, 0.15) is 47.3 Å². The SMILES string of the molecule is C=Nc1[nH]cc(C(=O)c2c(F)ccc(NS(=O)(=O)CCC)c2F)c1/C=C(\C)c1cccc(OC)c1. The first-order valence-electron chi connectivity index (χ1n) is 10.7. The molecule has 0 unspecified atom stereocenters. The van der Waals surface area contributed by atoms with E-state index in [4.69, 9.17) is 4.74 Å². The van der Waals surface area contributed by atoms with Crippen molar-refractivity contribution in [2.75, 3.05) is 17.6 Å². The normalized spacial score (nSPS) is 11.9. The number of nitrogens with one attached hydrogen (secondary N) is 2. The van der Waals surface area contributed by atoms with Crippen LogP contribution >= 0.6 is 0 Å². The van der Waals surface area contributed by atoms with E-state index in [0.29, 0.717) is 12.2 Å². The van der Waals surface area contributed by atoms with Crippen LogP contribution in [0.25, 0.3) is 11.6 Å². The van der Waals surface area contributed by atoms with Crippen LogP contribution in [0.15, 0.2) is 47.6 Å². The predicted molar refractivity (Wildman–Crippen MR) is 134 cm³/mol. The first-order valence-corrected chi connectivity index (χ1v) is 12.3. The van der Waals surface area contributed by atoms with E-state index in [0.717, 1.165) is 23.3 Å². The average molecular weight is 502 g/mol. The molecule has 1 heterocycles. The second-order valence-electron chi connectivity index (χ2n) is 7.72. The summed E-state index contributed by atoms with van der Waals surface area (Å²) in [4.78, 5) is 20.0. The number of hydrogen-bond acceptors (Lipinski definition) is 5. The molecule has 0 aliphatic heterocycles. The Morgan fingerprint density at radius 1 is 1.26 bits per heavy atom. The number of carbonyl (C=O) groups excluding carboxylic acids is 1. The van der Waals surface area contributed by atoms with Gasteiger partial charge in [-0.1, -0.05) is 19.1 Å². The Morgan fingerprint density at radius 2 is 2.00 bits per heavy atom. The molecule has 0 aliphatic carbocycles. The minimum absolute atomic E-state index is 0.0546. The second kappa shape index (κ2) is 10.6. The Balaban J connectivity index is 2.09. The highest BCUT2D eigenvalue weighted by Crippen LogP contribution is 2.32. The number of methoxy groups -OCH3 is 1. The van der Waals surface area contributed by atoms with Gasteiger partial charge in [-0.3, -0.25) is 9.52 Å². The van der Waals surface area contributed by atoms with Crippen molar-refractivity contribution in [3.8, 4) is 5.75 Å². The van der Waals surface area contributed by atoms with Crippen molar-refractivity contribution in [3.05, 3.63) is 76.5 Å². The van der Waals surface area contributed by atoms with Crippen LogP contribution in [-0.4, -0.2) is 38.8 Å². The lowest BCUT2D eigenvalue weighted by molar-refractivity contribution is 0.103. The average Bonchev–Trinajstić information content (AvgIpc) is 3.23. The predicted octanol–water partition coefficient (Wildman–Crippen LogP) is 5.58. The maximum atomic E-state index is 15.2. The topological polar surface area (TPSA) is 101 Å². The molecule has 0 saturated heterocycles. The van der Waals surface area contributed by atoms with Gasteiger partial charge < -0.3 is 9.72 Å². The molecular formula is C25H25F2N3O4S. The van der Waals surface area contributed by atoms with Crippen molar-refractivity contribution in [1.82, 2.24) is 4.98 Å². The molecule has 3 rings (SSSR count). The first-order chi connectivity index (χ1) is 16.6. The summed E-state index contributed by atoms with van der Waals surface area (Å²) in [5, 5.41) is 0. The molecular weight excluding hydrogens is 476 g/mol. The highest BCUT2D eigenvalue weighted by atomic mass is 32.2. The molecule has 1 aromatic heterocycles. The number of anilines is 1. The van der Waals surface area contributed by atoms with Gasteiger partial charge in [0.25, 0.3) is 0 Å². The second-order valence-corrected chi connectivity index (χ2v) is 9.56. The van der Waals surface area contributed by atoms with Crippen molar-refractivity contribution < 1.29 is 26.7 Å². The first kappa shape index (κ1) is 25.8. The van der Waals surface area contributed by atoms with Gasteiger partial charge in [0.2, 0.25) is 15.8 Å². The van der Waals surface area contributed by atoms with E-state index in [1.807, 2.05) is 6.07 Å². The van der Waals surface area contributed by atoms with Crippen LogP contribution in [0.5, 0.6) is 5.75 Å². The number of hydrogen-bond donors (Lipinski definition) is 2. The monoisotopic (exact) mass is 501 g/mol. The highest BCUT2D eigenvalue weighted by Gasteiger charge is 2.26. The molecule has 0 saturated carbocycles. The zero-order valence-corrected chi connectivity index (χ0v) is 20.3. The Labute approximate surface area is 202 Å². The molecule has 0 radical (unpaired) electrons.